The Morgan fingerprint density at radius 2 is 2.00 bits per heavy atom. The molecule has 0 spiro atoms. The lowest BCUT2D eigenvalue weighted by molar-refractivity contribution is 0.731. The van der Waals surface area contributed by atoms with Gasteiger partial charge in [-0.05, 0) is 28.9 Å². The number of fused-ring (bicyclic) bond motifs is 1. The van der Waals surface area contributed by atoms with Crippen molar-refractivity contribution in [2.24, 2.45) is 4.99 Å². The van der Waals surface area contributed by atoms with E-state index < -0.39 is 0 Å². The summed E-state index contributed by atoms with van der Waals surface area (Å²) in [7, 11) is 0. The molecular formula is C10H11BrN2. The van der Waals surface area contributed by atoms with Gasteiger partial charge in [0.2, 0.25) is 0 Å². The Labute approximate surface area is 86.2 Å². The molecule has 1 aromatic heterocycles. The predicted octanol–water partition coefficient (Wildman–Crippen LogP) is 3.23. The van der Waals surface area contributed by atoms with Crippen molar-refractivity contribution in [3.63, 3.8) is 0 Å². The van der Waals surface area contributed by atoms with Crippen molar-refractivity contribution in [3.8, 4) is 0 Å². The predicted molar refractivity (Wildman–Crippen MR) is 57.7 cm³/mol. The standard InChI is InChI=1S/C10H11BrN2/c1-6-10(2,3)7-4-5-8(11)13-9(7)12-6/h4-5H,1-3H3. The minimum absolute atomic E-state index is 0.0447. The smallest absolute Gasteiger partial charge is 0.157 e. The fourth-order valence-corrected chi connectivity index (χ4v) is 1.79. The molecule has 1 aromatic rings. The van der Waals surface area contributed by atoms with Gasteiger partial charge in [-0.15, -0.1) is 0 Å². The largest absolute Gasteiger partial charge is 0.237 e. The Balaban J connectivity index is 2.65. The molecule has 0 unspecified atom stereocenters. The fraction of sp³-hybridized carbons (Fsp3) is 0.400. The molecule has 0 radical (unpaired) electrons. The van der Waals surface area contributed by atoms with Crippen molar-refractivity contribution < 1.29 is 0 Å². The monoisotopic (exact) mass is 238 g/mol. The van der Waals surface area contributed by atoms with Gasteiger partial charge in [0.1, 0.15) is 4.60 Å². The molecule has 0 atom stereocenters. The van der Waals surface area contributed by atoms with Crippen molar-refractivity contribution >= 4 is 27.5 Å². The van der Waals surface area contributed by atoms with Gasteiger partial charge in [0.25, 0.3) is 0 Å². The minimum atomic E-state index is 0.0447. The molecule has 13 heavy (non-hydrogen) atoms. The van der Waals surface area contributed by atoms with Crippen LogP contribution < -0.4 is 0 Å². The normalized spacial score (nSPS) is 18.3. The molecular weight excluding hydrogens is 228 g/mol. The van der Waals surface area contributed by atoms with Gasteiger partial charge in [-0.25, -0.2) is 9.98 Å². The van der Waals surface area contributed by atoms with Gasteiger partial charge >= 0.3 is 0 Å². The molecule has 0 aromatic carbocycles. The molecule has 1 aliphatic heterocycles. The van der Waals surface area contributed by atoms with Gasteiger partial charge in [0.15, 0.2) is 5.82 Å². The zero-order valence-electron chi connectivity index (χ0n) is 7.93. The first-order valence-electron chi connectivity index (χ1n) is 4.24. The molecule has 0 N–H and O–H groups in total. The van der Waals surface area contributed by atoms with Crippen LogP contribution in [0.25, 0.3) is 0 Å². The van der Waals surface area contributed by atoms with E-state index in [2.05, 4.69) is 52.7 Å². The average molecular weight is 239 g/mol. The van der Waals surface area contributed by atoms with Gasteiger partial charge < -0.3 is 0 Å². The van der Waals surface area contributed by atoms with Crippen LogP contribution in [0.3, 0.4) is 0 Å². The lowest BCUT2D eigenvalue weighted by Gasteiger charge is -2.18. The van der Waals surface area contributed by atoms with Crippen molar-refractivity contribution in [2.75, 3.05) is 0 Å². The highest BCUT2D eigenvalue weighted by Crippen LogP contribution is 2.38. The summed E-state index contributed by atoms with van der Waals surface area (Å²) in [6, 6.07) is 4.06. The molecule has 3 heteroatoms. The van der Waals surface area contributed by atoms with Crippen LogP contribution in [0.2, 0.25) is 0 Å². The molecule has 0 aliphatic carbocycles. The van der Waals surface area contributed by atoms with E-state index in [1.165, 1.54) is 5.56 Å². The maximum Gasteiger partial charge on any atom is 0.157 e. The summed E-state index contributed by atoms with van der Waals surface area (Å²) in [5.41, 5.74) is 2.39. The number of halogens is 1. The molecule has 0 amide bonds. The summed E-state index contributed by atoms with van der Waals surface area (Å²) in [5, 5.41) is 0. The highest BCUT2D eigenvalue weighted by molar-refractivity contribution is 9.10. The molecule has 0 saturated heterocycles. The zero-order valence-corrected chi connectivity index (χ0v) is 9.51. The fourth-order valence-electron chi connectivity index (χ4n) is 1.49. The van der Waals surface area contributed by atoms with Gasteiger partial charge in [-0.1, -0.05) is 19.9 Å². The number of aromatic nitrogens is 1. The van der Waals surface area contributed by atoms with Crippen LogP contribution >= 0.6 is 15.9 Å². The Morgan fingerprint density at radius 3 is 2.69 bits per heavy atom. The maximum absolute atomic E-state index is 4.44. The molecule has 2 heterocycles. The van der Waals surface area contributed by atoms with Crippen LogP contribution in [0.5, 0.6) is 0 Å². The molecule has 0 fully saturated rings. The summed E-state index contributed by atoms with van der Waals surface area (Å²) in [6.45, 7) is 6.40. The second kappa shape index (κ2) is 2.64. The topological polar surface area (TPSA) is 25.2 Å². The third-order valence-corrected chi connectivity index (χ3v) is 3.13. The molecule has 68 valence electrons. The third-order valence-electron chi connectivity index (χ3n) is 2.69. The number of hydrogen-bond donors (Lipinski definition) is 0. The number of nitrogens with zero attached hydrogens (tertiary/aromatic N) is 2. The second-order valence-electron chi connectivity index (χ2n) is 3.83. The number of hydrogen-bond acceptors (Lipinski definition) is 2. The van der Waals surface area contributed by atoms with Crippen molar-refractivity contribution in [1.29, 1.82) is 0 Å². The first-order chi connectivity index (χ1) is 6.01. The van der Waals surface area contributed by atoms with E-state index in [4.69, 9.17) is 0 Å². The van der Waals surface area contributed by atoms with Crippen LogP contribution in [-0.4, -0.2) is 10.7 Å². The maximum atomic E-state index is 4.44. The first-order valence-corrected chi connectivity index (χ1v) is 5.04. The van der Waals surface area contributed by atoms with Crippen LogP contribution in [-0.2, 0) is 5.41 Å². The number of pyridine rings is 1. The Morgan fingerprint density at radius 1 is 1.31 bits per heavy atom. The second-order valence-corrected chi connectivity index (χ2v) is 4.64. The van der Waals surface area contributed by atoms with Crippen LogP contribution in [0.4, 0.5) is 5.82 Å². The summed E-state index contributed by atoms with van der Waals surface area (Å²) in [6.07, 6.45) is 0. The summed E-state index contributed by atoms with van der Waals surface area (Å²) in [5.74, 6) is 0.858. The van der Waals surface area contributed by atoms with Gasteiger partial charge in [0, 0.05) is 16.7 Å². The Bertz CT molecular complexity index is 394. The lowest BCUT2D eigenvalue weighted by Crippen LogP contribution is -2.22. The van der Waals surface area contributed by atoms with E-state index in [-0.39, 0.29) is 5.41 Å². The molecule has 1 aliphatic rings. The highest BCUT2D eigenvalue weighted by Gasteiger charge is 2.32. The average Bonchev–Trinajstić information content (AvgIpc) is 2.23. The van der Waals surface area contributed by atoms with E-state index >= 15 is 0 Å². The quantitative estimate of drug-likeness (QED) is 0.638. The Hall–Kier alpha value is -0.700. The van der Waals surface area contributed by atoms with E-state index in [0.717, 1.165) is 16.1 Å². The van der Waals surface area contributed by atoms with Crippen LogP contribution in [0.1, 0.15) is 26.3 Å². The molecule has 0 saturated carbocycles. The summed E-state index contributed by atoms with van der Waals surface area (Å²) in [4.78, 5) is 8.77. The lowest BCUT2D eigenvalue weighted by atomic mass is 9.83. The van der Waals surface area contributed by atoms with Crippen molar-refractivity contribution in [3.05, 3.63) is 22.3 Å². The minimum Gasteiger partial charge on any atom is -0.237 e. The zero-order chi connectivity index (χ0) is 9.64. The van der Waals surface area contributed by atoms with E-state index in [1.807, 2.05) is 6.07 Å². The SMILES string of the molecule is CC1=Nc2nc(Br)ccc2C1(C)C. The summed E-state index contributed by atoms with van der Waals surface area (Å²) >= 11 is 3.34. The van der Waals surface area contributed by atoms with Crippen LogP contribution in [0, 0.1) is 0 Å². The van der Waals surface area contributed by atoms with Gasteiger partial charge in [0.05, 0.1) is 0 Å². The molecule has 2 nitrogen and oxygen atoms in total. The Kier molecular flexibility index (Phi) is 1.80. The van der Waals surface area contributed by atoms with Gasteiger partial charge in [-0.3, -0.25) is 0 Å². The number of aliphatic imine (C=N–C) groups is 1. The van der Waals surface area contributed by atoms with E-state index in [0.29, 0.717) is 0 Å². The van der Waals surface area contributed by atoms with E-state index in [1.54, 1.807) is 0 Å². The highest BCUT2D eigenvalue weighted by atomic mass is 79.9. The van der Waals surface area contributed by atoms with Crippen LogP contribution in [0.15, 0.2) is 21.7 Å². The number of rotatable bonds is 0. The third kappa shape index (κ3) is 1.22. The van der Waals surface area contributed by atoms with Crippen molar-refractivity contribution in [2.45, 2.75) is 26.2 Å². The van der Waals surface area contributed by atoms with Gasteiger partial charge in [-0.2, -0.15) is 0 Å². The summed E-state index contributed by atoms with van der Waals surface area (Å²) < 4.78 is 0.848. The van der Waals surface area contributed by atoms with Crippen molar-refractivity contribution in [1.82, 2.24) is 4.98 Å². The van der Waals surface area contributed by atoms with E-state index in [9.17, 15) is 0 Å². The molecule has 0 bridgehead atoms. The molecule has 2 rings (SSSR count). The first kappa shape index (κ1) is 8.88.